The van der Waals surface area contributed by atoms with Gasteiger partial charge in [0.2, 0.25) is 0 Å². The zero-order valence-corrected chi connectivity index (χ0v) is 14.9. The molecule has 0 unspecified atom stereocenters. The van der Waals surface area contributed by atoms with Crippen LogP contribution in [0.5, 0.6) is 5.75 Å². The van der Waals surface area contributed by atoms with E-state index in [0.29, 0.717) is 29.8 Å². The summed E-state index contributed by atoms with van der Waals surface area (Å²) >= 11 is 0. The molecule has 0 fully saturated rings. The summed E-state index contributed by atoms with van der Waals surface area (Å²) in [6.45, 7) is 3.12. The Morgan fingerprint density at radius 2 is 1.96 bits per heavy atom. The van der Waals surface area contributed by atoms with Gasteiger partial charge in [0, 0.05) is 6.54 Å². The molecule has 1 aromatic heterocycles. The number of hydrogen-bond donors (Lipinski definition) is 0. The number of nitrogens with zero attached hydrogens (tertiary/aromatic N) is 1. The Kier molecular flexibility index (Phi) is 5.41. The van der Waals surface area contributed by atoms with Gasteiger partial charge in [-0.25, -0.2) is 9.59 Å². The number of methoxy groups -OCH3 is 1. The van der Waals surface area contributed by atoms with Crippen LogP contribution in [0.25, 0.3) is 11.1 Å². The number of ether oxygens (including phenoxy) is 2. The van der Waals surface area contributed by atoms with Crippen LogP contribution >= 0.6 is 0 Å². The van der Waals surface area contributed by atoms with Crippen molar-refractivity contribution in [1.82, 2.24) is 4.57 Å². The van der Waals surface area contributed by atoms with Gasteiger partial charge in [0.1, 0.15) is 5.75 Å². The molecular formula is C20H21NO5. The molecular weight excluding hydrogens is 334 g/mol. The maximum atomic E-state index is 12.1. The number of aromatic nitrogens is 1. The number of carbonyl (C=O) groups excluding carboxylic acids is 1. The van der Waals surface area contributed by atoms with Crippen LogP contribution in [0.2, 0.25) is 0 Å². The van der Waals surface area contributed by atoms with Gasteiger partial charge in [-0.05, 0) is 49.6 Å². The lowest BCUT2D eigenvalue weighted by Gasteiger charge is -2.08. The van der Waals surface area contributed by atoms with Gasteiger partial charge >= 0.3 is 11.7 Å². The monoisotopic (exact) mass is 355 g/mol. The van der Waals surface area contributed by atoms with Gasteiger partial charge in [0.25, 0.3) is 0 Å². The highest BCUT2D eigenvalue weighted by Crippen LogP contribution is 2.18. The van der Waals surface area contributed by atoms with Crippen LogP contribution in [-0.2, 0) is 11.3 Å². The minimum absolute atomic E-state index is 0.354. The molecule has 0 aliphatic rings. The topological polar surface area (TPSA) is 70.7 Å². The van der Waals surface area contributed by atoms with E-state index in [-0.39, 0.29) is 0 Å². The van der Waals surface area contributed by atoms with Crippen molar-refractivity contribution in [2.24, 2.45) is 0 Å². The Morgan fingerprint density at radius 3 is 2.73 bits per heavy atom. The first-order chi connectivity index (χ1) is 12.6. The standard InChI is InChI=1S/C20H21NO5/c1-14-7-3-4-8-17(14)25-12-6-5-11-21-16-10-9-15(19(22)24-2)13-18(16)26-20(21)23/h3-4,7-10,13H,5-6,11-12H2,1-2H3. The van der Waals surface area contributed by atoms with Gasteiger partial charge in [-0.3, -0.25) is 4.57 Å². The molecule has 0 radical (unpaired) electrons. The van der Waals surface area contributed by atoms with Gasteiger partial charge < -0.3 is 13.9 Å². The molecule has 0 bridgehead atoms. The van der Waals surface area contributed by atoms with Crippen molar-refractivity contribution >= 4 is 17.1 Å². The highest BCUT2D eigenvalue weighted by atomic mass is 16.5. The lowest BCUT2D eigenvalue weighted by Crippen LogP contribution is -2.14. The average Bonchev–Trinajstić information content (AvgIpc) is 2.96. The molecule has 0 spiro atoms. The van der Waals surface area contributed by atoms with Crippen LogP contribution in [0.3, 0.4) is 0 Å². The quantitative estimate of drug-likeness (QED) is 0.479. The lowest BCUT2D eigenvalue weighted by atomic mass is 10.2. The van der Waals surface area contributed by atoms with Crippen molar-refractivity contribution in [2.75, 3.05) is 13.7 Å². The van der Waals surface area contributed by atoms with Crippen LogP contribution in [0, 0.1) is 6.92 Å². The fourth-order valence-electron chi connectivity index (χ4n) is 2.80. The zero-order chi connectivity index (χ0) is 18.5. The summed E-state index contributed by atoms with van der Waals surface area (Å²) in [5.41, 5.74) is 2.51. The third kappa shape index (κ3) is 3.79. The van der Waals surface area contributed by atoms with Crippen LogP contribution in [0.1, 0.15) is 28.8 Å². The summed E-state index contributed by atoms with van der Waals surface area (Å²) in [4.78, 5) is 23.6. The Labute approximate surface area is 150 Å². The van der Waals surface area contributed by atoms with Crippen molar-refractivity contribution in [3.63, 3.8) is 0 Å². The summed E-state index contributed by atoms with van der Waals surface area (Å²) in [5, 5.41) is 0. The zero-order valence-electron chi connectivity index (χ0n) is 14.9. The van der Waals surface area contributed by atoms with E-state index in [1.54, 1.807) is 16.7 Å². The molecule has 0 saturated heterocycles. The molecule has 6 nitrogen and oxygen atoms in total. The van der Waals surface area contributed by atoms with Gasteiger partial charge in [-0.2, -0.15) is 0 Å². The number of rotatable bonds is 7. The average molecular weight is 355 g/mol. The second-order valence-electron chi connectivity index (χ2n) is 6.01. The number of benzene rings is 2. The summed E-state index contributed by atoms with van der Waals surface area (Å²) in [6, 6.07) is 12.7. The van der Waals surface area contributed by atoms with Crippen LogP contribution in [0.4, 0.5) is 0 Å². The molecule has 0 aliphatic carbocycles. The normalized spacial score (nSPS) is 10.8. The molecule has 0 amide bonds. The largest absolute Gasteiger partial charge is 0.493 e. The highest BCUT2D eigenvalue weighted by molar-refractivity contribution is 5.93. The number of fused-ring (bicyclic) bond motifs is 1. The molecule has 0 saturated carbocycles. The summed E-state index contributed by atoms with van der Waals surface area (Å²) in [6.07, 6.45) is 1.59. The van der Waals surface area contributed by atoms with Gasteiger partial charge in [-0.15, -0.1) is 0 Å². The van der Waals surface area contributed by atoms with E-state index in [0.717, 1.165) is 24.2 Å². The highest BCUT2D eigenvalue weighted by Gasteiger charge is 2.13. The molecule has 0 N–H and O–H groups in total. The molecule has 6 heteroatoms. The van der Waals surface area contributed by atoms with Crippen LogP contribution < -0.4 is 10.5 Å². The number of hydrogen-bond acceptors (Lipinski definition) is 5. The van der Waals surface area contributed by atoms with Gasteiger partial charge in [0.05, 0.1) is 24.8 Å². The third-order valence-corrected chi connectivity index (χ3v) is 4.22. The molecule has 1 heterocycles. The van der Waals surface area contributed by atoms with E-state index in [1.165, 1.54) is 13.2 Å². The van der Waals surface area contributed by atoms with E-state index in [2.05, 4.69) is 4.74 Å². The first-order valence-electron chi connectivity index (χ1n) is 8.50. The predicted octanol–water partition coefficient (Wildman–Crippen LogP) is 3.55. The molecule has 0 atom stereocenters. The van der Waals surface area contributed by atoms with Gasteiger partial charge in [-0.1, -0.05) is 18.2 Å². The second-order valence-corrected chi connectivity index (χ2v) is 6.01. The van der Waals surface area contributed by atoms with Crippen LogP contribution in [-0.4, -0.2) is 24.3 Å². The van der Waals surface area contributed by atoms with E-state index in [4.69, 9.17) is 9.15 Å². The molecule has 0 aliphatic heterocycles. The molecule has 2 aromatic carbocycles. The van der Waals surface area contributed by atoms with E-state index in [9.17, 15) is 9.59 Å². The predicted molar refractivity (Wildman–Crippen MR) is 97.7 cm³/mol. The molecule has 3 aromatic rings. The first-order valence-corrected chi connectivity index (χ1v) is 8.50. The van der Waals surface area contributed by atoms with Gasteiger partial charge in [0.15, 0.2) is 5.58 Å². The maximum absolute atomic E-state index is 12.1. The SMILES string of the molecule is COC(=O)c1ccc2c(c1)oc(=O)n2CCCCOc1ccccc1C. The summed E-state index contributed by atoms with van der Waals surface area (Å²) < 4.78 is 17.3. The fraction of sp³-hybridized carbons (Fsp3) is 0.300. The van der Waals surface area contributed by atoms with Crippen molar-refractivity contribution in [3.8, 4) is 5.75 Å². The van der Waals surface area contributed by atoms with E-state index in [1.807, 2.05) is 31.2 Å². The van der Waals surface area contributed by atoms with Crippen molar-refractivity contribution in [1.29, 1.82) is 0 Å². The van der Waals surface area contributed by atoms with E-state index >= 15 is 0 Å². The Bertz CT molecular complexity index is 970. The minimum atomic E-state index is -0.462. The molecule has 26 heavy (non-hydrogen) atoms. The molecule has 136 valence electrons. The van der Waals surface area contributed by atoms with Crippen molar-refractivity contribution in [3.05, 3.63) is 64.1 Å². The summed E-state index contributed by atoms with van der Waals surface area (Å²) in [7, 11) is 1.31. The van der Waals surface area contributed by atoms with Crippen molar-refractivity contribution < 1.29 is 18.7 Å². The first kappa shape index (κ1) is 17.8. The Balaban J connectivity index is 1.60. The Hall–Kier alpha value is -3.02. The number of para-hydroxylation sites is 1. The molecule has 3 rings (SSSR count). The maximum Gasteiger partial charge on any atom is 0.419 e. The number of esters is 1. The van der Waals surface area contributed by atoms with Crippen molar-refractivity contribution in [2.45, 2.75) is 26.3 Å². The van der Waals surface area contributed by atoms with E-state index < -0.39 is 11.7 Å². The number of carbonyl (C=O) groups is 1. The lowest BCUT2D eigenvalue weighted by molar-refractivity contribution is 0.0600. The third-order valence-electron chi connectivity index (χ3n) is 4.22. The second kappa shape index (κ2) is 7.91. The number of oxazole rings is 1. The number of unbranched alkanes of at least 4 members (excludes halogenated alkanes) is 1. The fourth-order valence-corrected chi connectivity index (χ4v) is 2.80. The number of aryl methyl sites for hydroxylation is 2. The Morgan fingerprint density at radius 1 is 1.15 bits per heavy atom. The summed E-state index contributed by atoms with van der Waals surface area (Å²) in [5.74, 6) is -0.00809. The van der Waals surface area contributed by atoms with Crippen LogP contribution in [0.15, 0.2) is 51.7 Å². The minimum Gasteiger partial charge on any atom is -0.493 e. The smallest absolute Gasteiger partial charge is 0.419 e.